The Kier molecular flexibility index (Phi) is 5.93. The zero-order valence-electron chi connectivity index (χ0n) is 14.0. The summed E-state index contributed by atoms with van der Waals surface area (Å²) in [5, 5.41) is 0.682. The van der Waals surface area contributed by atoms with Crippen molar-refractivity contribution >= 4 is 23.1 Å². The van der Waals surface area contributed by atoms with E-state index in [0.29, 0.717) is 11.6 Å². The lowest BCUT2D eigenvalue weighted by atomic mass is 10.1. The van der Waals surface area contributed by atoms with E-state index >= 15 is 0 Å². The van der Waals surface area contributed by atoms with E-state index in [1.54, 1.807) is 6.08 Å². The first kappa shape index (κ1) is 17.5. The Labute approximate surface area is 148 Å². The molecular formula is C19H24ClNO3. The molecule has 24 heavy (non-hydrogen) atoms. The Morgan fingerprint density at radius 1 is 1.29 bits per heavy atom. The first-order valence-corrected chi connectivity index (χ1v) is 8.96. The first-order chi connectivity index (χ1) is 11.6. The average Bonchev–Trinajstić information content (AvgIpc) is 3.08. The number of ether oxygens (including phenoxy) is 2. The van der Waals surface area contributed by atoms with Crippen molar-refractivity contribution in [2.45, 2.75) is 38.4 Å². The van der Waals surface area contributed by atoms with Crippen LogP contribution in [0.2, 0.25) is 5.02 Å². The van der Waals surface area contributed by atoms with E-state index in [0.717, 1.165) is 50.1 Å². The van der Waals surface area contributed by atoms with Gasteiger partial charge in [-0.25, -0.2) is 0 Å². The Hall–Kier alpha value is -1.36. The predicted octanol–water partition coefficient (Wildman–Crippen LogP) is 3.54. The van der Waals surface area contributed by atoms with Crippen molar-refractivity contribution in [3.05, 3.63) is 40.9 Å². The molecule has 0 radical (unpaired) electrons. The van der Waals surface area contributed by atoms with E-state index in [1.807, 2.05) is 36.1 Å². The zero-order valence-corrected chi connectivity index (χ0v) is 14.8. The highest BCUT2D eigenvalue weighted by Crippen LogP contribution is 2.21. The van der Waals surface area contributed by atoms with Crippen LogP contribution < -0.4 is 0 Å². The van der Waals surface area contributed by atoms with Gasteiger partial charge >= 0.3 is 0 Å². The number of amides is 1. The van der Waals surface area contributed by atoms with Gasteiger partial charge in [0.15, 0.2) is 0 Å². The second-order valence-electron chi connectivity index (χ2n) is 6.48. The maximum Gasteiger partial charge on any atom is 0.246 e. The topological polar surface area (TPSA) is 38.8 Å². The molecule has 2 saturated heterocycles. The summed E-state index contributed by atoms with van der Waals surface area (Å²) in [6, 6.07) is 7.58. The minimum Gasteiger partial charge on any atom is -0.379 e. The molecule has 2 aliphatic rings. The standard InChI is InChI=1S/C19H24ClNO3/c1-14(15-3-2-4-16(20)12-15)11-19(22)21-8-5-17(6-9-21)24-18-7-10-23-13-18/h2-4,11-12,17-18H,5-10,13H2,1H3. The van der Waals surface area contributed by atoms with Gasteiger partial charge in [0.2, 0.25) is 5.91 Å². The molecular weight excluding hydrogens is 326 g/mol. The molecule has 2 heterocycles. The number of rotatable bonds is 4. The lowest BCUT2D eigenvalue weighted by molar-refractivity contribution is -0.129. The second kappa shape index (κ2) is 8.15. The molecule has 1 atom stereocenters. The molecule has 2 fully saturated rings. The third kappa shape index (κ3) is 4.59. The minimum absolute atomic E-state index is 0.0649. The minimum atomic E-state index is 0.0649. The van der Waals surface area contributed by atoms with Gasteiger partial charge in [-0.05, 0) is 49.5 Å². The van der Waals surface area contributed by atoms with Crippen LogP contribution in [0.5, 0.6) is 0 Å². The molecule has 1 unspecified atom stereocenters. The normalized spacial score (nSPS) is 22.8. The second-order valence-corrected chi connectivity index (χ2v) is 6.92. The summed E-state index contributed by atoms with van der Waals surface area (Å²) >= 11 is 6.01. The molecule has 0 aliphatic carbocycles. The summed E-state index contributed by atoms with van der Waals surface area (Å²) in [6.45, 7) is 4.95. The highest BCUT2D eigenvalue weighted by molar-refractivity contribution is 6.30. The van der Waals surface area contributed by atoms with E-state index in [4.69, 9.17) is 21.1 Å². The van der Waals surface area contributed by atoms with Crippen LogP contribution in [0.15, 0.2) is 30.3 Å². The molecule has 4 nitrogen and oxygen atoms in total. The maximum atomic E-state index is 12.5. The Bertz CT molecular complexity index is 602. The number of halogens is 1. The number of nitrogens with zero attached hydrogens (tertiary/aromatic N) is 1. The number of allylic oxidation sites excluding steroid dienone is 1. The molecule has 2 aliphatic heterocycles. The van der Waals surface area contributed by atoms with Crippen molar-refractivity contribution < 1.29 is 14.3 Å². The molecule has 0 spiro atoms. The average molecular weight is 350 g/mol. The van der Waals surface area contributed by atoms with Gasteiger partial charge in [-0.2, -0.15) is 0 Å². The van der Waals surface area contributed by atoms with Gasteiger partial charge in [-0.3, -0.25) is 4.79 Å². The number of hydrogen-bond acceptors (Lipinski definition) is 3. The fourth-order valence-electron chi connectivity index (χ4n) is 3.20. The fraction of sp³-hybridized carbons (Fsp3) is 0.526. The molecule has 5 heteroatoms. The van der Waals surface area contributed by atoms with Crippen molar-refractivity contribution in [2.24, 2.45) is 0 Å². The number of carbonyl (C=O) groups excluding carboxylic acids is 1. The van der Waals surface area contributed by atoms with Crippen LogP contribution in [0.1, 0.15) is 31.7 Å². The van der Waals surface area contributed by atoms with Crippen molar-refractivity contribution in [3.63, 3.8) is 0 Å². The van der Waals surface area contributed by atoms with Gasteiger partial charge in [0, 0.05) is 30.8 Å². The molecule has 0 N–H and O–H groups in total. The molecule has 0 saturated carbocycles. The quantitative estimate of drug-likeness (QED) is 0.780. The van der Waals surface area contributed by atoms with Gasteiger partial charge in [0.1, 0.15) is 0 Å². The molecule has 0 aromatic heterocycles. The summed E-state index contributed by atoms with van der Waals surface area (Å²) in [5.41, 5.74) is 1.92. The van der Waals surface area contributed by atoms with E-state index in [9.17, 15) is 4.79 Å². The predicted molar refractivity (Wildman–Crippen MR) is 95.0 cm³/mol. The molecule has 1 amide bonds. The van der Waals surface area contributed by atoms with Gasteiger partial charge < -0.3 is 14.4 Å². The van der Waals surface area contributed by atoms with E-state index in [2.05, 4.69) is 0 Å². The van der Waals surface area contributed by atoms with Crippen molar-refractivity contribution in [1.29, 1.82) is 0 Å². The van der Waals surface area contributed by atoms with Gasteiger partial charge in [-0.1, -0.05) is 23.7 Å². The van der Waals surface area contributed by atoms with E-state index < -0.39 is 0 Å². The molecule has 130 valence electrons. The van der Waals surface area contributed by atoms with Gasteiger partial charge in [0.25, 0.3) is 0 Å². The summed E-state index contributed by atoms with van der Waals surface area (Å²) in [4.78, 5) is 14.4. The van der Waals surface area contributed by atoms with Gasteiger partial charge in [-0.15, -0.1) is 0 Å². The fourth-order valence-corrected chi connectivity index (χ4v) is 3.39. The van der Waals surface area contributed by atoms with E-state index in [-0.39, 0.29) is 18.1 Å². The Balaban J connectivity index is 1.52. The highest BCUT2D eigenvalue weighted by atomic mass is 35.5. The zero-order chi connectivity index (χ0) is 16.9. The maximum absolute atomic E-state index is 12.5. The summed E-state index contributed by atoms with van der Waals surface area (Å²) < 4.78 is 11.4. The Morgan fingerprint density at radius 2 is 2.08 bits per heavy atom. The van der Waals surface area contributed by atoms with Crippen LogP contribution in [0.4, 0.5) is 0 Å². The summed E-state index contributed by atoms with van der Waals surface area (Å²) in [7, 11) is 0. The number of hydrogen-bond donors (Lipinski definition) is 0. The van der Waals surface area contributed by atoms with Crippen LogP contribution in [-0.4, -0.2) is 49.3 Å². The number of likely N-dealkylation sites (tertiary alicyclic amines) is 1. The molecule has 1 aromatic rings. The van der Waals surface area contributed by atoms with E-state index in [1.165, 1.54) is 0 Å². The molecule has 3 rings (SSSR count). The van der Waals surface area contributed by atoms with Crippen molar-refractivity contribution in [1.82, 2.24) is 4.90 Å². The largest absolute Gasteiger partial charge is 0.379 e. The summed E-state index contributed by atoms with van der Waals surface area (Å²) in [5.74, 6) is 0.0649. The SMILES string of the molecule is CC(=CC(=O)N1CCC(OC2CCOC2)CC1)c1cccc(Cl)c1. The third-order valence-electron chi connectivity index (χ3n) is 4.65. The van der Waals surface area contributed by atoms with Crippen molar-refractivity contribution in [2.75, 3.05) is 26.3 Å². The number of piperidine rings is 1. The molecule has 0 bridgehead atoms. The Morgan fingerprint density at radius 3 is 2.75 bits per heavy atom. The van der Waals surface area contributed by atoms with Crippen LogP contribution >= 0.6 is 11.6 Å². The van der Waals surface area contributed by atoms with Crippen molar-refractivity contribution in [3.8, 4) is 0 Å². The number of carbonyl (C=O) groups is 1. The lowest BCUT2D eigenvalue weighted by Gasteiger charge is -2.32. The highest BCUT2D eigenvalue weighted by Gasteiger charge is 2.26. The first-order valence-electron chi connectivity index (χ1n) is 8.58. The lowest BCUT2D eigenvalue weighted by Crippen LogP contribution is -2.41. The molecule has 1 aromatic carbocycles. The van der Waals surface area contributed by atoms with Gasteiger partial charge in [0.05, 0.1) is 18.8 Å². The van der Waals surface area contributed by atoms with Crippen LogP contribution in [-0.2, 0) is 14.3 Å². The third-order valence-corrected chi connectivity index (χ3v) is 4.88. The number of benzene rings is 1. The smallest absolute Gasteiger partial charge is 0.246 e. The van der Waals surface area contributed by atoms with Crippen LogP contribution in [0.25, 0.3) is 5.57 Å². The summed E-state index contributed by atoms with van der Waals surface area (Å²) in [6.07, 6.45) is 4.97. The monoisotopic (exact) mass is 349 g/mol. The van der Waals surface area contributed by atoms with Crippen LogP contribution in [0, 0.1) is 0 Å². The van der Waals surface area contributed by atoms with Crippen LogP contribution in [0.3, 0.4) is 0 Å².